The van der Waals surface area contributed by atoms with Crippen molar-refractivity contribution in [3.63, 3.8) is 0 Å². The molecule has 1 aromatic heterocycles. The van der Waals surface area contributed by atoms with Crippen molar-refractivity contribution in [3.8, 4) is 5.75 Å². The number of carbonyl (C=O) groups excluding carboxylic acids is 1. The first kappa shape index (κ1) is 18.1. The predicted molar refractivity (Wildman–Crippen MR) is 105 cm³/mol. The summed E-state index contributed by atoms with van der Waals surface area (Å²) in [5.41, 5.74) is 1.70. The van der Waals surface area contributed by atoms with Gasteiger partial charge in [-0.1, -0.05) is 0 Å². The molecule has 2 fully saturated rings. The lowest BCUT2D eigenvalue weighted by Gasteiger charge is -2.34. The van der Waals surface area contributed by atoms with Gasteiger partial charge in [0.15, 0.2) is 0 Å². The number of imidazole rings is 1. The van der Waals surface area contributed by atoms with E-state index in [1.54, 1.807) is 23.7 Å². The first-order chi connectivity index (χ1) is 13.0. The van der Waals surface area contributed by atoms with Gasteiger partial charge in [-0.3, -0.25) is 13.9 Å². The fourth-order valence-electron chi connectivity index (χ4n) is 4.58. The highest BCUT2D eigenvalue weighted by molar-refractivity contribution is 5.79. The molecule has 0 bridgehead atoms. The average Bonchev–Trinajstić information content (AvgIpc) is 2.93. The molecule has 2 aromatic rings. The Morgan fingerprint density at radius 2 is 1.85 bits per heavy atom. The molecule has 7 heteroatoms. The Labute approximate surface area is 158 Å². The van der Waals surface area contributed by atoms with Gasteiger partial charge in [-0.05, 0) is 37.7 Å². The first-order valence-electron chi connectivity index (χ1n) is 9.95. The number of amides is 1. The number of rotatable bonds is 3. The molecule has 1 aromatic carbocycles. The molecule has 0 radical (unpaired) electrons. The molecule has 27 heavy (non-hydrogen) atoms. The molecule has 0 spiro atoms. The second-order valence-electron chi connectivity index (χ2n) is 7.95. The van der Waals surface area contributed by atoms with Crippen molar-refractivity contribution in [3.05, 3.63) is 28.7 Å². The summed E-state index contributed by atoms with van der Waals surface area (Å²) < 4.78 is 3.48. The normalized spacial score (nSPS) is 23.7. The van der Waals surface area contributed by atoms with Crippen LogP contribution in [0.4, 0.5) is 0 Å². The molecule has 1 aliphatic heterocycles. The Hall–Kier alpha value is -2.28. The SMILES string of the molecule is Cn1c(=O)n(CC2CCC(C(=O)N3CCNCC3)CC2)c2cc([OH2+])ccc21. The summed E-state index contributed by atoms with van der Waals surface area (Å²) in [6.07, 6.45) is 3.78. The van der Waals surface area contributed by atoms with Crippen LogP contribution in [0.5, 0.6) is 5.75 Å². The van der Waals surface area contributed by atoms with E-state index in [0.29, 0.717) is 24.1 Å². The van der Waals surface area contributed by atoms with Gasteiger partial charge in [0.1, 0.15) is 0 Å². The highest BCUT2D eigenvalue weighted by atomic mass is 16.3. The summed E-state index contributed by atoms with van der Waals surface area (Å²) in [5, 5.41) is 11.2. The van der Waals surface area contributed by atoms with Crippen molar-refractivity contribution in [2.24, 2.45) is 18.9 Å². The minimum atomic E-state index is -0.0189. The van der Waals surface area contributed by atoms with E-state index >= 15 is 0 Å². The third-order valence-electron chi connectivity index (χ3n) is 6.21. The minimum Gasteiger partial charge on any atom is -0.593 e. The number of aryl methyl sites for hydroxylation is 1. The van der Waals surface area contributed by atoms with Gasteiger partial charge in [-0.25, -0.2) is 4.79 Å². The van der Waals surface area contributed by atoms with Crippen LogP contribution in [-0.2, 0) is 18.4 Å². The molecule has 0 unspecified atom stereocenters. The third kappa shape index (κ3) is 3.48. The van der Waals surface area contributed by atoms with Crippen molar-refractivity contribution >= 4 is 16.9 Å². The summed E-state index contributed by atoms with van der Waals surface area (Å²) in [7, 11) is 1.79. The molecule has 1 saturated heterocycles. The number of aromatic nitrogens is 2. The van der Waals surface area contributed by atoms with Crippen molar-refractivity contribution in [2.75, 3.05) is 26.2 Å². The lowest BCUT2D eigenvalue weighted by molar-refractivity contribution is -0.137. The van der Waals surface area contributed by atoms with Crippen LogP contribution in [-0.4, -0.2) is 51.2 Å². The minimum absolute atomic E-state index is 0.0189. The Morgan fingerprint density at radius 3 is 2.56 bits per heavy atom. The number of hydrogen-bond acceptors (Lipinski definition) is 3. The van der Waals surface area contributed by atoms with Crippen LogP contribution in [0.25, 0.3) is 11.0 Å². The summed E-state index contributed by atoms with van der Waals surface area (Å²) >= 11 is 0. The van der Waals surface area contributed by atoms with Crippen LogP contribution >= 0.6 is 0 Å². The van der Waals surface area contributed by atoms with Gasteiger partial charge < -0.3 is 15.3 Å². The lowest BCUT2D eigenvalue weighted by Crippen LogP contribution is -2.49. The topological polar surface area (TPSA) is 82.2 Å². The Bertz CT molecular complexity index is 886. The monoisotopic (exact) mass is 373 g/mol. The molecule has 7 nitrogen and oxygen atoms in total. The second-order valence-corrected chi connectivity index (χ2v) is 7.95. The van der Waals surface area contributed by atoms with Crippen LogP contribution in [0.1, 0.15) is 25.7 Å². The number of piperazine rings is 1. The Morgan fingerprint density at radius 1 is 1.15 bits per heavy atom. The van der Waals surface area contributed by atoms with E-state index in [1.165, 1.54) is 0 Å². The van der Waals surface area contributed by atoms with E-state index in [4.69, 9.17) is 5.11 Å². The standard InChI is InChI=1S/C20H28N4O3/c1-22-17-7-6-16(25)12-18(17)24(20(22)27)13-14-2-4-15(5-3-14)19(26)23-10-8-21-9-11-23/h6-7,12,14-15,21,25H,2-5,8-11,13H2,1H3/p+1. The molecular weight excluding hydrogens is 344 g/mol. The van der Waals surface area contributed by atoms with Crippen molar-refractivity contribution in [1.29, 1.82) is 0 Å². The molecule has 1 aliphatic carbocycles. The number of hydrogen-bond donors (Lipinski definition) is 1. The van der Waals surface area contributed by atoms with E-state index in [9.17, 15) is 9.59 Å². The zero-order valence-electron chi connectivity index (χ0n) is 15.9. The molecule has 146 valence electrons. The molecule has 2 heterocycles. The summed E-state index contributed by atoms with van der Waals surface area (Å²) in [6.45, 7) is 4.10. The first-order valence-corrected chi connectivity index (χ1v) is 9.95. The molecule has 4 rings (SSSR count). The van der Waals surface area contributed by atoms with Crippen LogP contribution in [0.3, 0.4) is 0 Å². The van der Waals surface area contributed by atoms with Gasteiger partial charge in [-0.15, -0.1) is 0 Å². The van der Waals surface area contributed by atoms with Crippen molar-refractivity contribution in [2.45, 2.75) is 32.2 Å². The van der Waals surface area contributed by atoms with Gasteiger partial charge in [0.05, 0.1) is 17.1 Å². The average molecular weight is 373 g/mol. The van der Waals surface area contributed by atoms with Crippen LogP contribution in [0, 0.1) is 11.8 Å². The van der Waals surface area contributed by atoms with E-state index in [0.717, 1.165) is 62.9 Å². The number of nitrogens with one attached hydrogen (secondary N) is 1. The van der Waals surface area contributed by atoms with Crippen molar-refractivity contribution in [1.82, 2.24) is 19.4 Å². The summed E-state index contributed by atoms with van der Waals surface area (Å²) in [4.78, 5) is 27.4. The fourth-order valence-corrected chi connectivity index (χ4v) is 4.58. The summed E-state index contributed by atoms with van der Waals surface area (Å²) in [6, 6.07) is 5.34. The van der Waals surface area contributed by atoms with E-state index in [1.807, 2.05) is 15.5 Å². The quantitative estimate of drug-likeness (QED) is 0.816. The highest BCUT2D eigenvalue weighted by Crippen LogP contribution is 2.32. The van der Waals surface area contributed by atoms with E-state index < -0.39 is 0 Å². The number of benzene rings is 1. The molecule has 1 amide bonds. The lowest BCUT2D eigenvalue weighted by atomic mass is 9.81. The zero-order valence-corrected chi connectivity index (χ0v) is 15.9. The number of fused-ring (bicyclic) bond motifs is 1. The molecular formula is C20H29N4O3+. The maximum absolute atomic E-state index is 12.7. The van der Waals surface area contributed by atoms with Gasteiger partial charge in [-0.2, -0.15) is 0 Å². The molecule has 1 saturated carbocycles. The Kier molecular flexibility index (Phi) is 4.95. The molecule has 0 atom stereocenters. The largest absolute Gasteiger partial charge is 0.593 e. The smallest absolute Gasteiger partial charge is 0.328 e. The van der Waals surface area contributed by atoms with Crippen LogP contribution in [0.15, 0.2) is 23.0 Å². The van der Waals surface area contributed by atoms with Crippen molar-refractivity contribution < 1.29 is 9.90 Å². The van der Waals surface area contributed by atoms with Crippen LogP contribution in [0.2, 0.25) is 0 Å². The van der Waals surface area contributed by atoms with Gasteiger partial charge in [0.25, 0.3) is 5.75 Å². The number of nitrogens with zero attached hydrogens (tertiary/aromatic N) is 3. The van der Waals surface area contributed by atoms with E-state index in [2.05, 4.69) is 5.32 Å². The molecule has 2 aliphatic rings. The second kappa shape index (κ2) is 7.38. The third-order valence-corrected chi connectivity index (χ3v) is 6.21. The fraction of sp³-hybridized carbons (Fsp3) is 0.600. The molecule has 3 N–H and O–H groups in total. The number of carbonyl (C=O) groups is 1. The van der Waals surface area contributed by atoms with Crippen LogP contribution < -0.4 is 11.0 Å². The van der Waals surface area contributed by atoms with Gasteiger partial charge in [0, 0.05) is 51.8 Å². The zero-order chi connectivity index (χ0) is 19.0. The summed E-state index contributed by atoms with van der Waals surface area (Å²) in [5.74, 6) is 1.29. The highest BCUT2D eigenvalue weighted by Gasteiger charge is 2.30. The maximum Gasteiger partial charge on any atom is 0.328 e. The maximum atomic E-state index is 12.7. The Balaban J connectivity index is 1.43. The predicted octanol–water partition coefficient (Wildman–Crippen LogP) is 1.02. The van der Waals surface area contributed by atoms with Gasteiger partial charge >= 0.3 is 5.69 Å². The van der Waals surface area contributed by atoms with E-state index in [-0.39, 0.29) is 11.6 Å². The van der Waals surface area contributed by atoms with Gasteiger partial charge in [0.2, 0.25) is 5.91 Å².